The first-order chi connectivity index (χ1) is 21.2. The zero-order chi connectivity index (χ0) is 31.9. The summed E-state index contributed by atoms with van der Waals surface area (Å²) < 4.78 is 7.10. The second-order valence-corrected chi connectivity index (χ2v) is 13.3. The number of carbonyl (C=O) groups is 2. The second kappa shape index (κ2) is 19.6. The van der Waals surface area contributed by atoms with Gasteiger partial charge >= 0.3 is 0 Å². The third kappa shape index (κ3) is 11.5. The molecule has 0 saturated carbocycles. The molecule has 3 unspecified atom stereocenters. The number of para-hydroxylation sites is 1. The maximum absolute atomic E-state index is 13.9. The summed E-state index contributed by atoms with van der Waals surface area (Å²) in [6.45, 7) is 2.25. The molecule has 2 amide bonds. The molecule has 0 radical (unpaired) electrons. The summed E-state index contributed by atoms with van der Waals surface area (Å²) in [6, 6.07) is 11.8. The van der Waals surface area contributed by atoms with Crippen LogP contribution in [-0.2, 0) is 16.1 Å². The van der Waals surface area contributed by atoms with E-state index in [-0.39, 0.29) is 37.9 Å². The van der Waals surface area contributed by atoms with Crippen LogP contribution in [-0.4, -0.2) is 58.3 Å². The van der Waals surface area contributed by atoms with E-state index < -0.39 is 18.2 Å². The van der Waals surface area contributed by atoms with Gasteiger partial charge in [0.25, 0.3) is 0 Å². The third-order valence-electron chi connectivity index (χ3n) is 7.88. The van der Waals surface area contributed by atoms with Gasteiger partial charge in [0, 0.05) is 41.5 Å². The highest BCUT2D eigenvalue weighted by atomic mass is 127. The fourth-order valence-corrected chi connectivity index (χ4v) is 6.40. The Morgan fingerprint density at radius 3 is 2.36 bits per heavy atom. The molecule has 1 aliphatic carbocycles. The van der Waals surface area contributed by atoms with Crippen LogP contribution in [0.2, 0.25) is 10.0 Å². The van der Waals surface area contributed by atoms with Gasteiger partial charge in [-0.25, -0.2) is 0 Å². The summed E-state index contributed by atoms with van der Waals surface area (Å²) in [5.41, 5.74) is 1.08. The van der Waals surface area contributed by atoms with Crippen molar-refractivity contribution in [3.05, 3.63) is 73.3 Å². The van der Waals surface area contributed by atoms with E-state index in [2.05, 4.69) is 34.8 Å². The number of benzene rings is 2. The molecule has 0 aliphatic heterocycles. The predicted molar refractivity (Wildman–Crippen MR) is 185 cm³/mol. The van der Waals surface area contributed by atoms with Gasteiger partial charge < -0.3 is 25.2 Å². The third-order valence-corrected chi connectivity index (χ3v) is 9.36. The number of nitrogens with zero attached hydrogens (tertiary/aromatic N) is 1. The highest BCUT2D eigenvalue weighted by Crippen LogP contribution is 2.32. The number of aliphatic hydroxyl groups is 2. The highest BCUT2D eigenvalue weighted by molar-refractivity contribution is 14.1. The first-order valence-corrected chi connectivity index (χ1v) is 17.5. The van der Waals surface area contributed by atoms with Gasteiger partial charge in [-0.05, 0) is 64.9 Å². The Labute approximate surface area is 285 Å². The number of rotatable bonds is 18. The van der Waals surface area contributed by atoms with Crippen LogP contribution in [0, 0.1) is 3.57 Å². The average Bonchev–Trinajstić information content (AvgIpc) is 3.00. The molecule has 7 nitrogen and oxygen atoms in total. The standard InChI is InChI=1S/C34H45Cl2IN2O5/c1-2-3-4-5-6-7-8-9-10-15-32(41)39(23-24-16-17-26(35)22-27(24)36)29-20-25(34(43)38-18-19-40)21-31(33(29)42)44-30-14-12-11-13-28(30)37/h11-14,16-17,21-22,29,31,33,40,42H,2-10,15,18-20,23H2,1H3,(H,38,43). The van der Waals surface area contributed by atoms with E-state index in [1.165, 1.54) is 32.1 Å². The van der Waals surface area contributed by atoms with E-state index in [0.717, 1.165) is 29.3 Å². The Hall–Kier alpha value is -1.85. The van der Waals surface area contributed by atoms with Crippen molar-refractivity contribution in [2.45, 2.75) is 102 Å². The first-order valence-electron chi connectivity index (χ1n) is 15.7. The van der Waals surface area contributed by atoms with Crippen LogP contribution >= 0.6 is 45.8 Å². The maximum atomic E-state index is 13.9. The molecule has 1 aliphatic rings. The molecule has 10 heteroatoms. The lowest BCUT2D eigenvalue weighted by atomic mass is 9.87. The molecule has 44 heavy (non-hydrogen) atoms. The van der Waals surface area contributed by atoms with E-state index in [1.54, 1.807) is 35.2 Å². The fourth-order valence-electron chi connectivity index (χ4n) is 5.42. The van der Waals surface area contributed by atoms with Crippen molar-refractivity contribution in [1.82, 2.24) is 10.2 Å². The number of unbranched alkanes of at least 4 members (excludes halogenated alkanes) is 8. The molecule has 3 rings (SSSR count). The lowest BCUT2D eigenvalue weighted by Crippen LogP contribution is -2.54. The van der Waals surface area contributed by atoms with Gasteiger partial charge in [-0.2, -0.15) is 0 Å². The Morgan fingerprint density at radius 2 is 1.70 bits per heavy atom. The van der Waals surface area contributed by atoms with Gasteiger partial charge in [-0.15, -0.1) is 0 Å². The van der Waals surface area contributed by atoms with Crippen LogP contribution in [0.25, 0.3) is 0 Å². The molecule has 0 heterocycles. The molecule has 0 aromatic heterocycles. The summed E-state index contributed by atoms with van der Waals surface area (Å²) in [7, 11) is 0. The Morgan fingerprint density at radius 1 is 1.02 bits per heavy atom. The van der Waals surface area contributed by atoms with E-state index in [0.29, 0.717) is 33.4 Å². The van der Waals surface area contributed by atoms with Crippen molar-refractivity contribution in [3.63, 3.8) is 0 Å². The van der Waals surface area contributed by atoms with Crippen molar-refractivity contribution in [3.8, 4) is 5.75 Å². The molecule has 3 atom stereocenters. The lowest BCUT2D eigenvalue weighted by Gasteiger charge is -2.41. The Kier molecular flexibility index (Phi) is 16.3. The van der Waals surface area contributed by atoms with Gasteiger partial charge in [-0.3, -0.25) is 9.59 Å². The largest absolute Gasteiger partial charge is 0.482 e. The zero-order valence-electron chi connectivity index (χ0n) is 25.5. The number of nitrogens with one attached hydrogen (secondary N) is 1. The molecule has 2 aromatic rings. The molecular weight excluding hydrogens is 714 g/mol. The SMILES string of the molecule is CCCCCCCCCCCC(=O)N(Cc1ccc(Cl)cc1Cl)C1CC(C(=O)NCCO)=CC(Oc2ccccc2I)C1O. The first kappa shape index (κ1) is 36.6. The van der Waals surface area contributed by atoms with Crippen molar-refractivity contribution in [2.24, 2.45) is 0 Å². The topological polar surface area (TPSA) is 99.1 Å². The summed E-state index contributed by atoms with van der Waals surface area (Å²) in [6.07, 6.45) is 10.3. The molecular formula is C34H45Cl2IN2O5. The number of halogens is 3. The van der Waals surface area contributed by atoms with Crippen LogP contribution < -0.4 is 10.1 Å². The van der Waals surface area contributed by atoms with E-state index in [9.17, 15) is 19.8 Å². The Bertz CT molecular complexity index is 1240. The molecule has 0 bridgehead atoms. The van der Waals surface area contributed by atoms with Gasteiger partial charge in [-0.1, -0.05) is 99.7 Å². The number of hydrogen-bond acceptors (Lipinski definition) is 5. The maximum Gasteiger partial charge on any atom is 0.247 e. The minimum Gasteiger partial charge on any atom is -0.482 e. The van der Waals surface area contributed by atoms with Crippen molar-refractivity contribution < 1.29 is 24.5 Å². The van der Waals surface area contributed by atoms with Crippen LogP contribution in [0.3, 0.4) is 0 Å². The normalized spacial score (nSPS) is 18.0. The van der Waals surface area contributed by atoms with Crippen LogP contribution in [0.4, 0.5) is 0 Å². The van der Waals surface area contributed by atoms with E-state index in [1.807, 2.05) is 18.2 Å². The molecule has 242 valence electrons. The number of amides is 2. The fraction of sp³-hybridized carbons (Fsp3) is 0.529. The summed E-state index contributed by atoms with van der Waals surface area (Å²) in [5, 5.41) is 24.6. The van der Waals surface area contributed by atoms with Crippen molar-refractivity contribution >= 4 is 57.6 Å². The molecule has 0 spiro atoms. The lowest BCUT2D eigenvalue weighted by molar-refractivity contribution is -0.139. The number of aliphatic hydroxyl groups excluding tert-OH is 2. The average molecular weight is 760 g/mol. The van der Waals surface area contributed by atoms with Gasteiger partial charge in [0.15, 0.2) is 0 Å². The van der Waals surface area contributed by atoms with Crippen LogP contribution in [0.15, 0.2) is 54.1 Å². The van der Waals surface area contributed by atoms with Crippen molar-refractivity contribution in [2.75, 3.05) is 13.2 Å². The summed E-state index contributed by atoms with van der Waals surface area (Å²) >= 11 is 14.8. The van der Waals surface area contributed by atoms with Gasteiger partial charge in [0.1, 0.15) is 18.0 Å². The van der Waals surface area contributed by atoms with E-state index >= 15 is 0 Å². The monoisotopic (exact) mass is 758 g/mol. The minimum atomic E-state index is -1.11. The van der Waals surface area contributed by atoms with Crippen LogP contribution in [0.5, 0.6) is 5.75 Å². The molecule has 2 aromatic carbocycles. The van der Waals surface area contributed by atoms with Crippen molar-refractivity contribution in [1.29, 1.82) is 0 Å². The van der Waals surface area contributed by atoms with Gasteiger partial charge in [0.2, 0.25) is 11.8 Å². The molecule has 0 fully saturated rings. The number of carbonyl (C=O) groups excluding carboxylic acids is 2. The van der Waals surface area contributed by atoms with E-state index in [4.69, 9.17) is 27.9 Å². The summed E-state index contributed by atoms with van der Waals surface area (Å²) in [5.74, 6) is 0.0775. The quantitative estimate of drug-likeness (QED) is 0.108. The van der Waals surface area contributed by atoms with Gasteiger partial charge in [0.05, 0.1) is 16.2 Å². The predicted octanol–water partition coefficient (Wildman–Crippen LogP) is 7.46. The summed E-state index contributed by atoms with van der Waals surface area (Å²) in [4.78, 5) is 28.6. The number of ether oxygens (including phenoxy) is 1. The Balaban J connectivity index is 1.82. The highest BCUT2D eigenvalue weighted by Gasteiger charge is 2.40. The molecule has 0 saturated heterocycles. The zero-order valence-corrected chi connectivity index (χ0v) is 29.1. The molecule has 3 N–H and O–H groups in total. The second-order valence-electron chi connectivity index (χ2n) is 11.3. The minimum absolute atomic E-state index is 0.0904. The smallest absolute Gasteiger partial charge is 0.247 e. The number of hydrogen-bond donors (Lipinski definition) is 3. The van der Waals surface area contributed by atoms with Crippen LogP contribution in [0.1, 0.15) is 83.1 Å².